The number of hydrogen-bond acceptors (Lipinski definition) is 5. The minimum atomic E-state index is -0.433. The van der Waals surface area contributed by atoms with Crippen molar-refractivity contribution in [1.82, 2.24) is 10.5 Å². The smallest absolute Gasteiger partial charge is 0.243 e. The van der Waals surface area contributed by atoms with Crippen molar-refractivity contribution >= 4 is 38.5 Å². The van der Waals surface area contributed by atoms with Gasteiger partial charge in [-0.25, -0.2) is 10.5 Å². The molecule has 0 saturated heterocycles. The first-order valence-corrected chi connectivity index (χ1v) is 7.50. The standard InChI is InChI=1S/C14H17N3O3S/c1-9-6-7-10-11(8-9)21-14(15-10)16-12(18)4-2-3-5-13(19)17-20/h6-8,20H,2-5H2,1H3,(H,17,19)(H,15,16,18). The van der Waals surface area contributed by atoms with Crippen LogP contribution >= 0.6 is 11.3 Å². The maximum absolute atomic E-state index is 11.8. The number of benzene rings is 1. The van der Waals surface area contributed by atoms with Gasteiger partial charge < -0.3 is 5.32 Å². The molecule has 0 unspecified atom stereocenters. The van der Waals surface area contributed by atoms with Crippen LogP contribution < -0.4 is 10.8 Å². The van der Waals surface area contributed by atoms with Crippen LogP contribution in [0.3, 0.4) is 0 Å². The third-order valence-corrected chi connectivity index (χ3v) is 3.91. The lowest BCUT2D eigenvalue weighted by Gasteiger charge is -2.01. The van der Waals surface area contributed by atoms with E-state index in [0.717, 1.165) is 15.8 Å². The van der Waals surface area contributed by atoms with E-state index in [0.29, 0.717) is 24.4 Å². The summed E-state index contributed by atoms with van der Waals surface area (Å²) in [6, 6.07) is 5.96. The van der Waals surface area contributed by atoms with E-state index in [-0.39, 0.29) is 12.3 Å². The summed E-state index contributed by atoms with van der Waals surface area (Å²) in [6.07, 6.45) is 1.68. The predicted molar refractivity (Wildman–Crippen MR) is 81.4 cm³/mol. The topological polar surface area (TPSA) is 91.3 Å². The number of nitrogens with one attached hydrogen (secondary N) is 2. The normalized spacial score (nSPS) is 10.6. The highest BCUT2D eigenvalue weighted by Gasteiger charge is 2.08. The SMILES string of the molecule is Cc1ccc2nc(NC(=O)CCCCC(=O)NO)sc2c1. The summed E-state index contributed by atoms with van der Waals surface area (Å²) in [6.45, 7) is 2.01. The summed E-state index contributed by atoms with van der Waals surface area (Å²) < 4.78 is 1.05. The number of carbonyl (C=O) groups excluding carboxylic acids is 2. The van der Waals surface area contributed by atoms with Gasteiger partial charge in [0, 0.05) is 12.8 Å². The first-order chi connectivity index (χ1) is 10.1. The lowest BCUT2D eigenvalue weighted by Crippen LogP contribution is -2.18. The summed E-state index contributed by atoms with van der Waals surface area (Å²) in [7, 11) is 0. The molecule has 0 spiro atoms. The second kappa shape index (κ2) is 7.14. The van der Waals surface area contributed by atoms with Crippen molar-refractivity contribution in [3.8, 4) is 0 Å². The Bertz CT molecular complexity index is 654. The Balaban J connectivity index is 1.82. The van der Waals surface area contributed by atoms with Crippen LogP contribution in [0.2, 0.25) is 0 Å². The van der Waals surface area contributed by atoms with Crippen molar-refractivity contribution < 1.29 is 14.8 Å². The van der Waals surface area contributed by atoms with Gasteiger partial charge in [0.15, 0.2) is 5.13 Å². The first kappa shape index (κ1) is 15.4. The van der Waals surface area contributed by atoms with E-state index in [1.165, 1.54) is 11.3 Å². The van der Waals surface area contributed by atoms with Crippen LogP contribution in [0.4, 0.5) is 5.13 Å². The Labute approximate surface area is 126 Å². The van der Waals surface area contributed by atoms with Crippen LogP contribution in [0.5, 0.6) is 0 Å². The molecule has 0 bridgehead atoms. The number of aryl methyl sites for hydroxylation is 1. The molecular formula is C14H17N3O3S. The lowest BCUT2D eigenvalue weighted by molar-refractivity contribution is -0.129. The molecule has 7 heteroatoms. The van der Waals surface area contributed by atoms with E-state index in [2.05, 4.69) is 10.3 Å². The monoisotopic (exact) mass is 307 g/mol. The molecular weight excluding hydrogens is 290 g/mol. The number of aromatic nitrogens is 1. The molecule has 1 aromatic carbocycles. The van der Waals surface area contributed by atoms with E-state index >= 15 is 0 Å². The lowest BCUT2D eigenvalue weighted by atomic mass is 10.2. The Morgan fingerprint density at radius 2 is 1.95 bits per heavy atom. The summed E-state index contributed by atoms with van der Waals surface area (Å²) in [4.78, 5) is 26.9. The number of hydrogen-bond donors (Lipinski definition) is 3. The summed E-state index contributed by atoms with van der Waals surface area (Å²) in [5, 5.41) is 11.7. The molecule has 2 rings (SSSR count). The number of thiazole rings is 1. The van der Waals surface area contributed by atoms with Gasteiger partial charge in [-0.05, 0) is 37.5 Å². The maximum Gasteiger partial charge on any atom is 0.243 e. The van der Waals surface area contributed by atoms with E-state index in [4.69, 9.17) is 5.21 Å². The quantitative estimate of drug-likeness (QED) is 0.434. The zero-order chi connectivity index (χ0) is 15.2. The van der Waals surface area contributed by atoms with Crippen molar-refractivity contribution in [2.75, 3.05) is 5.32 Å². The van der Waals surface area contributed by atoms with E-state index in [1.807, 2.05) is 25.1 Å². The third-order valence-electron chi connectivity index (χ3n) is 2.97. The van der Waals surface area contributed by atoms with Crippen LogP contribution in [0, 0.1) is 6.92 Å². The molecule has 0 saturated carbocycles. The average Bonchev–Trinajstić information content (AvgIpc) is 2.84. The molecule has 6 nitrogen and oxygen atoms in total. The maximum atomic E-state index is 11.8. The van der Waals surface area contributed by atoms with Crippen LogP contribution in [-0.4, -0.2) is 22.0 Å². The minimum Gasteiger partial charge on any atom is -0.302 e. The first-order valence-electron chi connectivity index (χ1n) is 6.68. The molecule has 1 aromatic heterocycles. The Morgan fingerprint density at radius 1 is 1.24 bits per heavy atom. The number of fused-ring (bicyclic) bond motifs is 1. The second-order valence-electron chi connectivity index (χ2n) is 4.78. The number of carbonyl (C=O) groups is 2. The fourth-order valence-corrected chi connectivity index (χ4v) is 2.87. The van der Waals surface area contributed by atoms with Crippen LogP contribution in [0.15, 0.2) is 18.2 Å². The number of hydroxylamine groups is 1. The second-order valence-corrected chi connectivity index (χ2v) is 5.81. The zero-order valence-electron chi connectivity index (χ0n) is 11.7. The van der Waals surface area contributed by atoms with Crippen molar-refractivity contribution in [2.24, 2.45) is 0 Å². The molecule has 2 amide bonds. The van der Waals surface area contributed by atoms with E-state index < -0.39 is 5.91 Å². The molecule has 21 heavy (non-hydrogen) atoms. The Hall–Kier alpha value is -1.99. The van der Waals surface area contributed by atoms with Crippen LogP contribution in [0.25, 0.3) is 10.2 Å². The van der Waals surface area contributed by atoms with Gasteiger partial charge in [0.25, 0.3) is 0 Å². The summed E-state index contributed by atoms with van der Waals surface area (Å²) >= 11 is 1.45. The molecule has 112 valence electrons. The molecule has 2 aromatic rings. The van der Waals surface area contributed by atoms with E-state index in [1.54, 1.807) is 5.48 Å². The van der Waals surface area contributed by atoms with Crippen LogP contribution in [-0.2, 0) is 9.59 Å². The number of unbranched alkanes of at least 4 members (excludes halogenated alkanes) is 1. The average molecular weight is 307 g/mol. The summed E-state index contributed by atoms with van der Waals surface area (Å²) in [5.74, 6) is -0.549. The van der Waals surface area contributed by atoms with Gasteiger partial charge in [0.2, 0.25) is 11.8 Å². The molecule has 0 atom stereocenters. The number of anilines is 1. The highest BCUT2D eigenvalue weighted by atomic mass is 32.1. The largest absolute Gasteiger partial charge is 0.302 e. The predicted octanol–water partition coefficient (Wildman–Crippen LogP) is 2.61. The zero-order valence-corrected chi connectivity index (χ0v) is 12.5. The third kappa shape index (κ3) is 4.51. The van der Waals surface area contributed by atoms with Crippen molar-refractivity contribution in [3.05, 3.63) is 23.8 Å². The van der Waals surface area contributed by atoms with Gasteiger partial charge >= 0.3 is 0 Å². The minimum absolute atomic E-state index is 0.116. The number of amides is 2. The van der Waals surface area contributed by atoms with Crippen molar-refractivity contribution in [2.45, 2.75) is 32.6 Å². The van der Waals surface area contributed by atoms with E-state index in [9.17, 15) is 9.59 Å². The summed E-state index contributed by atoms with van der Waals surface area (Å²) in [5.41, 5.74) is 3.60. The van der Waals surface area contributed by atoms with Gasteiger partial charge in [-0.3, -0.25) is 14.8 Å². The molecule has 0 fully saturated rings. The van der Waals surface area contributed by atoms with Gasteiger partial charge in [-0.2, -0.15) is 0 Å². The molecule has 0 aliphatic heterocycles. The molecule has 0 aliphatic rings. The van der Waals surface area contributed by atoms with Crippen molar-refractivity contribution in [1.29, 1.82) is 0 Å². The highest BCUT2D eigenvalue weighted by Crippen LogP contribution is 2.26. The number of rotatable bonds is 6. The van der Waals surface area contributed by atoms with Crippen molar-refractivity contribution in [3.63, 3.8) is 0 Å². The van der Waals surface area contributed by atoms with Gasteiger partial charge in [-0.15, -0.1) is 0 Å². The molecule has 0 aliphatic carbocycles. The Morgan fingerprint density at radius 3 is 2.67 bits per heavy atom. The fraction of sp³-hybridized carbons (Fsp3) is 0.357. The van der Waals surface area contributed by atoms with Gasteiger partial charge in [-0.1, -0.05) is 17.4 Å². The van der Waals surface area contributed by atoms with Crippen LogP contribution in [0.1, 0.15) is 31.2 Å². The Kier molecular flexibility index (Phi) is 5.24. The van der Waals surface area contributed by atoms with Gasteiger partial charge in [0.1, 0.15) is 0 Å². The molecule has 0 radical (unpaired) electrons. The number of nitrogens with zero attached hydrogens (tertiary/aromatic N) is 1. The highest BCUT2D eigenvalue weighted by molar-refractivity contribution is 7.22. The van der Waals surface area contributed by atoms with Gasteiger partial charge in [0.05, 0.1) is 10.2 Å². The molecule has 1 heterocycles. The molecule has 3 N–H and O–H groups in total. The fourth-order valence-electron chi connectivity index (χ4n) is 1.89.